The molecule has 0 aliphatic rings. The van der Waals surface area contributed by atoms with Gasteiger partial charge >= 0.3 is 57.4 Å². The Morgan fingerprint density at radius 3 is 2.60 bits per heavy atom. The van der Waals surface area contributed by atoms with E-state index in [1.54, 1.807) is 0 Å². The third kappa shape index (κ3) is 7.75. The molecule has 0 radical (unpaired) electrons. The standard InChI is InChI=1S/C10H11Cl2O6P.K/c1-16-19(14,15)6-18-10(13)5-17-9-3-2-7(11)4-8(9)12;/h2-4H,5-6H2,1H3,(H,14,15);/q;+1/p-1. The molecule has 1 atom stereocenters. The van der Waals surface area contributed by atoms with Crippen molar-refractivity contribution in [3.8, 4) is 5.75 Å². The molecule has 0 heterocycles. The average molecular weight is 367 g/mol. The summed E-state index contributed by atoms with van der Waals surface area (Å²) in [4.78, 5) is 22.1. The molecular formula is C10H10Cl2KO6P. The van der Waals surface area contributed by atoms with Gasteiger partial charge in [-0.1, -0.05) is 23.2 Å². The fraction of sp³-hybridized carbons (Fsp3) is 0.300. The third-order valence-corrected chi connectivity index (χ3v) is 3.43. The van der Waals surface area contributed by atoms with E-state index in [0.29, 0.717) is 5.02 Å². The Balaban J connectivity index is 0.00000361. The minimum absolute atomic E-state index is 0. The fourth-order valence-corrected chi connectivity index (χ4v) is 1.84. The van der Waals surface area contributed by atoms with Gasteiger partial charge < -0.3 is 23.5 Å². The second-order valence-electron chi connectivity index (χ2n) is 3.30. The van der Waals surface area contributed by atoms with Crippen molar-refractivity contribution in [3.05, 3.63) is 28.2 Å². The number of benzene rings is 1. The monoisotopic (exact) mass is 366 g/mol. The zero-order valence-corrected chi connectivity index (χ0v) is 16.3. The molecule has 0 N–H and O–H groups in total. The SMILES string of the molecule is COP(=O)([O-])COC(=O)COc1ccc(Cl)cc1Cl.[K+]. The topological polar surface area (TPSA) is 84.9 Å². The molecule has 6 nitrogen and oxygen atoms in total. The largest absolute Gasteiger partial charge is 1.00 e. The number of carbonyl (C=O) groups is 1. The minimum Gasteiger partial charge on any atom is -0.776 e. The smallest absolute Gasteiger partial charge is 0.776 e. The molecule has 0 aliphatic carbocycles. The summed E-state index contributed by atoms with van der Waals surface area (Å²) in [5.74, 6) is -0.626. The van der Waals surface area contributed by atoms with Crippen LogP contribution in [0.3, 0.4) is 0 Å². The molecule has 0 aromatic heterocycles. The summed E-state index contributed by atoms with van der Waals surface area (Å²) in [6.07, 6.45) is -0.847. The predicted molar refractivity (Wildman–Crippen MR) is 67.5 cm³/mol. The van der Waals surface area contributed by atoms with Crippen molar-refractivity contribution in [1.29, 1.82) is 0 Å². The van der Waals surface area contributed by atoms with Gasteiger partial charge in [0.25, 0.3) is 0 Å². The number of hydrogen-bond donors (Lipinski definition) is 0. The zero-order chi connectivity index (χ0) is 14.5. The Hall–Kier alpha value is 0.856. The van der Waals surface area contributed by atoms with Gasteiger partial charge in [0, 0.05) is 12.1 Å². The number of ether oxygens (including phenoxy) is 2. The maximum Gasteiger partial charge on any atom is 1.00 e. The number of rotatable bonds is 6. The molecule has 1 aromatic carbocycles. The van der Waals surface area contributed by atoms with E-state index < -0.39 is 26.5 Å². The van der Waals surface area contributed by atoms with Crippen molar-refractivity contribution in [2.45, 2.75) is 0 Å². The molecule has 1 rings (SSSR count). The van der Waals surface area contributed by atoms with Crippen LogP contribution in [0.5, 0.6) is 5.75 Å². The van der Waals surface area contributed by atoms with Crippen LogP contribution in [0.25, 0.3) is 0 Å². The number of hydrogen-bond acceptors (Lipinski definition) is 6. The van der Waals surface area contributed by atoms with Crippen molar-refractivity contribution in [3.63, 3.8) is 0 Å². The molecule has 1 unspecified atom stereocenters. The Morgan fingerprint density at radius 2 is 2.05 bits per heavy atom. The van der Waals surface area contributed by atoms with E-state index in [-0.39, 0.29) is 62.2 Å². The summed E-state index contributed by atoms with van der Waals surface area (Å²) >= 11 is 11.5. The van der Waals surface area contributed by atoms with E-state index in [9.17, 15) is 14.3 Å². The van der Waals surface area contributed by atoms with Gasteiger partial charge in [-0.05, 0) is 18.2 Å². The van der Waals surface area contributed by atoms with Gasteiger partial charge in [-0.25, -0.2) is 4.79 Å². The first kappa shape index (κ1) is 20.9. The Labute approximate surface area is 168 Å². The Kier molecular flexibility index (Phi) is 10.2. The van der Waals surface area contributed by atoms with Crippen LogP contribution in [0.2, 0.25) is 10.0 Å². The zero-order valence-electron chi connectivity index (χ0n) is 10.8. The predicted octanol–water partition coefficient (Wildman–Crippen LogP) is -0.923. The van der Waals surface area contributed by atoms with Crippen LogP contribution < -0.4 is 61.0 Å². The minimum atomic E-state index is -4.13. The van der Waals surface area contributed by atoms with Crippen LogP contribution in [0, 0.1) is 0 Å². The number of halogens is 2. The van der Waals surface area contributed by atoms with E-state index in [1.807, 2.05) is 0 Å². The normalized spacial score (nSPS) is 13.0. The van der Waals surface area contributed by atoms with Crippen LogP contribution in [0.15, 0.2) is 18.2 Å². The molecule has 106 valence electrons. The molecule has 0 saturated heterocycles. The van der Waals surface area contributed by atoms with Gasteiger partial charge in [-0.2, -0.15) is 0 Å². The van der Waals surface area contributed by atoms with Crippen molar-refractivity contribution in [2.24, 2.45) is 0 Å². The molecule has 20 heavy (non-hydrogen) atoms. The second-order valence-corrected chi connectivity index (χ2v) is 5.99. The quantitative estimate of drug-likeness (QED) is 0.367. The van der Waals surface area contributed by atoms with Crippen LogP contribution >= 0.6 is 30.8 Å². The van der Waals surface area contributed by atoms with Crippen LogP contribution in [-0.2, 0) is 18.6 Å². The third-order valence-electron chi connectivity index (χ3n) is 1.90. The first-order valence-electron chi connectivity index (χ1n) is 4.93. The first-order chi connectivity index (χ1) is 8.84. The van der Waals surface area contributed by atoms with Crippen LogP contribution in [-0.4, -0.2) is 26.0 Å². The van der Waals surface area contributed by atoms with Crippen molar-refractivity contribution in [1.82, 2.24) is 0 Å². The van der Waals surface area contributed by atoms with Gasteiger partial charge in [0.15, 0.2) is 20.6 Å². The molecule has 0 fully saturated rings. The van der Waals surface area contributed by atoms with E-state index in [4.69, 9.17) is 27.9 Å². The molecule has 1 aromatic rings. The van der Waals surface area contributed by atoms with E-state index >= 15 is 0 Å². The maximum atomic E-state index is 11.2. The van der Waals surface area contributed by atoms with Gasteiger partial charge in [0.1, 0.15) is 5.75 Å². The maximum absolute atomic E-state index is 11.2. The van der Waals surface area contributed by atoms with E-state index in [0.717, 1.165) is 7.11 Å². The summed E-state index contributed by atoms with van der Waals surface area (Å²) in [7, 11) is -3.15. The van der Waals surface area contributed by atoms with Crippen molar-refractivity contribution < 1.29 is 79.6 Å². The van der Waals surface area contributed by atoms with E-state index in [1.165, 1.54) is 18.2 Å². The summed E-state index contributed by atoms with van der Waals surface area (Å²) in [6, 6.07) is 4.46. The van der Waals surface area contributed by atoms with Gasteiger partial charge in [0.2, 0.25) is 0 Å². The van der Waals surface area contributed by atoms with Crippen LogP contribution in [0.4, 0.5) is 0 Å². The van der Waals surface area contributed by atoms with E-state index in [2.05, 4.69) is 9.26 Å². The Bertz CT molecular complexity index is 513. The van der Waals surface area contributed by atoms with Gasteiger partial charge in [-0.15, -0.1) is 0 Å². The summed E-state index contributed by atoms with van der Waals surface area (Å²) < 4.78 is 24.6. The van der Waals surface area contributed by atoms with Crippen LogP contribution in [0.1, 0.15) is 0 Å². The number of esters is 1. The fourth-order valence-electron chi connectivity index (χ4n) is 0.974. The average Bonchev–Trinajstić information content (AvgIpc) is 2.35. The molecule has 0 amide bonds. The summed E-state index contributed by atoms with van der Waals surface area (Å²) in [6.45, 7) is -0.481. The molecular weight excluding hydrogens is 357 g/mol. The summed E-state index contributed by atoms with van der Waals surface area (Å²) in [5, 5.41) is 0.652. The molecule has 10 heteroatoms. The van der Waals surface area contributed by atoms with Crippen molar-refractivity contribution in [2.75, 3.05) is 20.1 Å². The molecule has 0 spiro atoms. The molecule has 0 saturated carbocycles. The first-order valence-corrected chi connectivity index (χ1v) is 7.42. The number of carbonyl (C=O) groups excluding carboxylic acids is 1. The van der Waals surface area contributed by atoms with Gasteiger partial charge in [0.05, 0.1) is 5.02 Å². The molecule has 0 bridgehead atoms. The summed E-state index contributed by atoms with van der Waals surface area (Å²) in [5.41, 5.74) is 0. The Morgan fingerprint density at radius 1 is 1.40 bits per heavy atom. The van der Waals surface area contributed by atoms with Gasteiger partial charge in [-0.3, -0.25) is 0 Å². The second kappa shape index (κ2) is 9.79. The van der Waals surface area contributed by atoms with Crippen molar-refractivity contribution >= 4 is 36.8 Å². The molecule has 0 aliphatic heterocycles.